The fourth-order valence-electron chi connectivity index (χ4n) is 2.77. The summed E-state index contributed by atoms with van der Waals surface area (Å²) in [6, 6.07) is 6.14. The van der Waals surface area contributed by atoms with Crippen LogP contribution in [0.3, 0.4) is 0 Å². The van der Waals surface area contributed by atoms with Gasteiger partial charge in [0.15, 0.2) is 5.43 Å². The second kappa shape index (κ2) is 5.88. The minimum absolute atomic E-state index is 0.0346. The Morgan fingerprint density at radius 2 is 2.18 bits per heavy atom. The molecule has 1 aliphatic heterocycles. The number of para-hydroxylation sites is 1. The molecule has 1 saturated heterocycles. The van der Waals surface area contributed by atoms with Crippen LogP contribution in [0.5, 0.6) is 0 Å². The quantitative estimate of drug-likeness (QED) is 0.881. The molecular formula is C16H18FN3O2. The largest absolute Gasteiger partial charge is 0.355 e. The molecule has 2 aromatic rings. The molecule has 2 N–H and O–H groups in total. The number of aromatic nitrogens is 1. The molecule has 6 heteroatoms. The predicted molar refractivity (Wildman–Crippen MR) is 82.0 cm³/mol. The number of nitrogens with one attached hydrogen (secondary N) is 2. The fourth-order valence-corrected chi connectivity index (χ4v) is 2.77. The van der Waals surface area contributed by atoms with Crippen LogP contribution in [-0.2, 0) is 11.3 Å². The highest BCUT2D eigenvalue weighted by Gasteiger charge is 2.20. The van der Waals surface area contributed by atoms with Gasteiger partial charge in [-0.2, -0.15) is 0 Å². The van der Waals surface area contributed by atoms with Crippen LogP contribution in [0.15, 0.2) is 29.1 Å². The monoisotopic (exact) mass is 303 g/mol. The van der Waals surface area contributed by atoms with Crippen LogP contribution in [-0.4, -0.2) is 34.9 Å². The van der Waals surface area contributed by atoms with Crippen LogP contribution in [0.2, 0.25) is 0 Å². The van der Waals surface area contributed by atoms with E-state index < -0.39 is 5.82 Å². The van der Waals surface area contributed by atoms with E-state index in [1.165, 1.54) is 18.2 Å². The Balaban J connectivity index is 1.92. The smallest absolute Gasteiger partial charge is 0.221 e. The molecule has 1 fully saturated rings. The van der Waals surface area contributed by atoms with Crippen LogP contribution >= 0.6 is 0 Å². The van der Waals surface area contributed by atoms with Crippen LogP contribution in [0.4, 0.5) is 4.39 Å². The Morgan fingerprint density at radius 3 is 3.00 bits per heavy atom. The Bertz CT molecular complexity index is 772. The second-order valence-corrected chi connectivity index (χ2v) is 5.69. The van der Waals surface area contributed by atoms with Crippen LogP contribution in [0.1, 0.15) is 19.0 Å². The van der Waals surface area contributed by atoms with E-state index >= 15 is 0 Å². The number of amides is 1. The number of hydrogen-bond donors (Lipinski definition) is 2. The maximum atomic E-state index is 13.9. The zero-order valence-corrected chi connectivity index (χ0v) is 12.4. The van der Waals surface area contributed by atoms with E-state index in [-0.39, 0.29) is 22.9 Å². The lowest BCUT2D eigenvalue weighted by molar-refractivity contribution is -0.120. The molecule has 116 valence electrons. The molecule has 0 aliphatic carbocycles. The standard InChI is InChI=1S/C16H18FN3O2/c1-10-8-18-15(22)5-6-20(10)9-11-7-14(21)12-3-2-4-13(17)16(12)19-11/h2-4,7,10H,5-6,8-9H2,1H3,(H,18,22)(H,19,21). The van der Waals surface area contributed by atoms with E-state index in [0.717, 1.165) is 0 Å². The molecule has 1 unspecified atom stereocenters. The molecule has 1 atom stereocenters. The Morgan fingerprint density at radius 1 is 1.36 bits per heavy atom. The number of nitrogens with zero attached hydrogens (tertiary/aromatic N) is 1. The summed E-state index contributed by atoms with van der Waals surface area (Å²) >= 11 is 0. The van der Waals surface area contributed by atoms with E-state index in [1.54, 1.807) is 6.07 Å². The third-order valence-electron chi connectivity index (χ3n) is 4.09. The highest BCUT2D eigenvalue weighted by Crippen LogP contribution is 2.15. The van der Waals surface area contributed by atoms with E-state index in [1.807, 2.05) is 6.92 Å². The lowest BCUT2D eigenvalue weighted by Gasteiger charge is -2.26. The molecular weight excluding hydrogens is 285 g/mol. The van der Waals surface area contributed by atoms with Crippen LogP contribution in [0, 0.1) is 5.82 Å². The number of pyridine rings is 1. The Kier molecular flexibility index (Phi) is 3.94. The summed E-state index contributed by atoms with van der Waals surface area (Å²) < 4.78 is 13.9. The molecule has 0 radical (unpaired) electrons. The van der Waals surface area contributed by atoms with Crippen molar-refractivity contribution in [3.63, 3.8) is 0 Å². The first-order valence-electron chi connectivity index (χ1n) is 7.36. The molecule has 2 heterocycles. The first-order valence-corrected chi connectivity index (χ1v) is 7.36. The molecule has 1 amide bonds. The molecule has 5 nitrogen and oxygen atoms in total. The average Bonchev–Trinajstić information content (AvgIpc) is 2.64. The van der Waals surface area contributed by atoms with Gasteiger partial charge in [0, 0.05) is 49.2 Å². The lowest BCUT2D eigenvalue weighted by atomic mass is 10.1. The van der Waals surface area contributed by atoms with Crippen molar-refractivity contribution in [2.24, 2.45) is 0 Å². The van der Waals surface area contributed by atoms with Crippen LogP contribution < -0.4 is 10.7 Å². The van der Waals surface area contributed by atoms with Gasteiger partial charge < -0.3 is 10.3 Å². The Hall–Kier alpha value is -2.21. The second-order valence-electron chi connectivity index (χ2n) is 5.69. The summed E-state index contributed by atoms with van der Waals surface area (Å²) in [7, 11) is 0. The molecule has 1 aromatic carbocycles. The predicted octanol–water partition coefficient (Wildman–Crippen LogP) is 1.38. The van der Waals surface area contributed by atoms with Gasteiger partial charge in [-0.3, -0.25) is 14.5 Å². The number of rotatable bonds is 2. The van der Waals surface area contributed by atoms with Gasteiger partial charge in [0.2, 0.25) is 5.91 Å². The molecule has 0 spiro atoms. The zero-order valence-electron chi connectivity index (χ0n) is 12.4. The van der Waals surface area contributed by atoms with Crippen LogP contribution in [0.25, 0.3) is 10.9 Å². The molecule has 0 saturated carbocycles. The zero-order chi connectivity index (χ0) is 15.7. The minimum Gasteiger partial charge on any atom is -0.355 e. The number of hydrogen-bond acceptors (Lipinski definition) is 3. The molecule has 1 aromatic heterocycles. The van der Waals surface area contributed by atoms with E-state index in [2.05, 4.69) is 15.2 Å². The number of halogens is 1. The van der Waals surface area contributed by atoms with E-state index in [9.17, 15) is 14.0 Å². The van der Waals surface area contributed by atoms with Gasteiger partial charge in [-0.15, -0.1) is 0 Å². The maximum Gasteiger partial charge on any atom is 0.221 e. The van der Waals surface area contributed by atoms with Crippen molar-refractivity contribution < 1.29 is 9.18 Å². The number of fused-ring (bicyclic) bond motifs is 1. The lowest BCUT2D eigenvalue weighted by Crippen LogP contribution is -2.37. The summed E-state index contributed by atoms with van der Waals surface area (Å²) in [5, 5.41) is 3.20. The maximum absolute atomic E-state index is 13.9. The SMILES string of the molecule is CC1CNC(=O)CCN1Cc1cc(=O)c2cccc(F)c2[nH]1. The van der Waals surface area contributed by atoms with Gasteiger partial charge in [-0.25, -0.2) is 4.39 Å². The highest BCUT2D eigenvalue weighted by atomic mass is 19.1. The normalized spacial score (nSPS) is 19.9. The average molecular weight is 303 g/mol. The summed E-state index contributed by atoms with van der Waals surface area (Å²) in [6.45, 7) is 3.69. The van der Waals surface area contributed by atoms with Crippen molar-refractivity contribution in [2.75, 3.05) is 13.1 Å². The summed E-state index contributed by atoms with van der Waals surface area (Å²) in [5.74, 6) is -0.399. The van der Waals surface area contributed by atoms with Crippen molar-refractivity contribution in [1.29, 1.82) is 0 Å². The number of carbonyl (C=O) groups is 1. The first kappa shape index (κ1) is 14.7. The van der Waals surface area contributed by atoms with Gasteiger partial charge in [0.05, 0.1) is 5.52 Å². The van der Waals surface area contributed by atoms with Crippen molar-refractivity contribution >= 4 is 16.8 Å². The van der Waals surface area contributed by atoms with Gasteiger partial charge in [-0.1, -0.05) is 6.07 Å². The number of aromatic amines is 1. The third-order valence-corrected chi connectivity index (χ3v) is 4.09. The van der Waals surface area contributed by atoms with Crippen molar-refractivity contribution in [3.8, 4) is 0 Å². The van der Waals surface area contributed by atoms with Gasteiger partial charge in [0.25, 0.3) is 0 Å². The fraction of sp³-hybridized carbons (Fsp3) is 0.375. The highest BCUT2D eigenvalue weighted by molar-refractivity contribution is 5.79. The number of benzene rings is 1. The third kappa shape index (κ3) is 2.87. The van der Waals surface area contributed by atoms with Crippen molar-refractivity contribution in [1.82, 2.24) is 15.2 Å². The summed E-state index contributed by atoms with van der Waals surface area (Å²) in [6.07, 6.45) is 0.427. The number of carbonyl (C=O) groups excluding carboxylic acids is 1. The molecule has 0 bridgehead atoms. The van der Waals surface area contributed by atoms with E-state index in [4.69, 9.17) is 0 Å². The van der Waals surface area contributed by atoms with Gasteiger partial charge in [0.1, 0.15) is 5.82 Å². The summed E-state index contributed by atoms with van der Waals surface area (Å²) in [4.78, 5) is 28.7. The molecule has 3 rings (SSSR count). The minimum atomic E-state index is -0.433. The van der Waals surface area contributed by atoms with E-state index in [0.29, 0.717) is 37.1 Å². The van der Waals surface area contributed by atoms with Gasteiger partial charge >= 0.3 is 0 Å². The Labute approximate surface area is 127 Å². The molecule has 1 aliphatic rings. The topological polar surface area (TPSA) is 65.2 Å². The molecule has 22 heavy (non-hydrogen) atoms. The summed E-state index contributed by atoms with van der Waals surface area (Å²) in [5.41, 5.74) is 0.699. The number of H-pyrrole nitrogens is 1. The first-order chi connectivity index (χ1) is 10.5. The van der Waals surface area contributed by atoms with Gasteiger partial charge in [-0.05, 0) is 19.1 Å². The van der Waals surface area contributed by atoms with Crippen molar-refractivity contribution in [3.05, 3.63) is 46.0 Å². The van der Waals surface area contributed by atoms with Crippen molar-refractivity contribution in [2.45, 2.75) is 25.9 Å².